The molecule has 0 atom stereocenters. The van der Waals surface area contributed by atoms with E-state index in [-0.39, 0.29) is 11.7 Å². The van der Waals surface area contributed by atoms with Crippen LogP contribution in [-0.2, 0) is 6.42 Å². The van der Waals surface area contributed by atoms with Crippen LogP contribution in [0, 0.1) is 3.95 Å². The van der Waals surface area contributed by atoms with Gasteiger partial charge < -0.3 is 25.3 Å². The number of aromatic nitrogens is 1. The molecule has 0 aliphatic carbocycles. The number of methoxy groups -OCH3 is 3. The van der Waals surface area contributed by atoms with Crippen molar-refractivity contribution in [3.8, 4) is 22.9 Å². The molecule has 0 fully saturated rings. The first kappa shape index (κ1) is 22.9. The minimum atomic E-state index is -0.297. The number of ether oxygens (including phenoxy) is 3. The number of hydrogen-bond acceptors (Lipinski definition) is 7. The number of amides is 1. The van der Waals surface area contributed by atoms with Gasteiger partial charge in [-0.15, -0.1) is 0 Å². The van der Waals surface area contributed by atoms with E-state index in [9.17, 15) is 4.79 Å². The van der Waals surface area contributed by atoms with Gasteiger partial charge in [0, 0.05) is 11.6 Å². The quantitative estimate of drug-likeness (QED) is 0.462. The van der Waals surface area contributed by atoms with Gasteiger partial charge in [-0.1, -0.05) is 29.0 Å². The molecule has 3 aromatic rings. The van der Waals surface area contributed by atoms with Crippen LogP contribution in [0.3, 0.4) is 0 Å². The SMILES string of the molecule is COc1ccc(CCNC(=O)c2sc(=S)n(-c3cc(Cl)ccc3OC)c2N)cc1OC. The maximum Gasteiger partial charge on any atom is 0.265 e. The molecule has 3 rings (SSSR count). The Hall–Kier alpha value is -2.75. The van der Waals surface area contributed by atoms with Crippen LogP contribution in [-0.4, -0.2) is 38.3 Å². The monoisotopic (exact) mass is 479 g/mol. The number of nitrogens with one attached hydrogen (secondary N) is 1. The number of carbonyl (C=O) groups is 1. The molecule has 1 heterocycles. The first-order valence-corrected chi connectivity index (χ1v) is 10.8. The van der Waals surface area contributed by atoms with Crippen molar-refractivity contribution < 1.29 is 19.0 Å². The van der Waals surface area contributed by atoms with Gasteiger partial charge in [-0.3, -0.25) is 9.36 Å². The highest BCUT2D eigenvalue weighted by Crippen LogP contribution is 2.33. The Balaban J connectivity index is 1.76. The molecule has 10 heteroatoms. The number of thiazole rings is 1. The molecule has 3 N–H and O–H groups in total. The van der Waals surface area contributed by atoms with E-state index in [1.54, 1.807) is 44.1 Å². The van der Waals surface area contributed by atoms with Gasteiger partial charge in [0.05, 0.1) is 27.0 Å². The fourth-order valence-corrected chi connectivity index (χ4v) is 4.49. The van der Waals surface area contributed by atoms with Gasteiger partial charge in [0.25, 0.3) is 5.91 Å². The molecule has 0 aliphatic heterocycles. The van der Waals surface area contributed by atoms with Gasteiger partial charge in [0.15, 0.2) is 15.5 Å². The summed E-state index contributed by atoms with van der Waals surface area (Å²) in [7, 11) is 4.71. The second-order valence-electron chi connectivity index (χ2n) is 6.43. The van der Waals surface area contributed by atoms with E-state index in [1.165, 1.54) is 0 Å². The molecule has 0 bridgehead atoms. The Labute approximate surface area is 194 Å². The van der Waals surface area contributed by atoms with Crippen molar-refractivity contribution >= 4 is 46.9 Å². The number of anilines is 1. The van der Waals surface area contributed by atoms with E-state index in [0.29, 0.717) is 49.8 Å². The number of nitrogens with zero attached hydrogens (tertiary/aromatic N) is 1. The first-order chi connectivity index (χ1) is 14.9. The fourth-order valence-electron chi connectivity index (χ4n) is 3.05. The number of nitrogens with two attached hydrogens (primary N) is 1. The number of halogens is 1. The highest BCUT2D eigenvalue weighted by Gasteiger charge is 2.20. The normalized spacial score (nSPS) is 10.6. The van der Waals surface area contributed by atoms with Crippen molar-refractivity contribution in [1.29, 1.82) is 0 Å². The van der Waals surface area contributed by atoms with Crippen LogP contribution < -0.4 is 25.3 Å². The predicted molar refractivity (Wildman–Crippen MR) is 126 cm³/mol. The lowest BCUT2D eigenvalue weighted by atomic mass is 10.1. The minimum absolute atomic E-state index is 0.235. The van der Waals surface area contributed by atoms with Gasteiger partial charge in [0.2, 0.25) is 0 Å². The summed E-state index contributed by atoms with van der Waals surface area (Å²) in [6, 6.07) is 10.8. The van der Waals surface area contributed by atoms with Gasteiger partial charge in [-0.25, -0.2) is 0 Å². The third-order valence-corrected chi connectivity index (χ3v) is 6.20. The molecule has 0 radical (unpaired) electrons. The molecule has 31 heavy (non-hydrogen) atoms. The fraction of sp³-hybridized carbons (Fsp3) is 0.238. The van der Waals surface area contributed by atoms with Crippen LogP contribution in [0.4, 0.5) is 5.82 Å². The lowest BCUT2D eigenvalue weighted by molar-refractivity contribution is 0.0958. The largest absolute Gasteiger partial charge is 0.495 e. The van der Waals surface area contributed by atoms with Gasteiger partial charge >= 0.3 is 0 Å². The minimum Gasteiger partial charge on any atom is -0.495 e. The molecule has 7 nitrogen and oxygen atoms in total. The molecule has 0 spiro atoms. The number of rotatable bonds is 8. The Morgan fingerprint density at radius 1 is 1.10 bits per heavy atom. The number of carbonyl (C=O) groups excluding carboxylic acids is 1. The summed E-state index contributed by atoms with van der Waals surface area (Å²) >= 11 is 12.7. The molecule has 2 aromatic carbocycles. The standard InChI is InChI=1S/C21H22ClN3O4S2/c1-27-15-7-5-13(22)11-14(15)25-19(23)18(31-21(25)30)20(26)24-9-8-12-4-6-16(28-2)17(10-12)29-3/h4-7,10-11H,8-9,23H2,1-3H3,(H,24,26). The highest BCUT2D eigenvalue weighted by atomic mass is 35.5. The molecular weight excluding hydrogens is 458 g/mol. The zero-order valence-electron chi connectivity index (χ0n) is 17.2. The van der Waals surface area contributed by atoms with Crippen molar-refractivity contribution in [3.63, 3.8) is 0 Å². The van der Waals surface area contributed by atoms with Gasteiger partial charge in [0.1, 0.15) is 16.4 Å². The average Bonchev–Trinajstić information content (AvgIpc) is 3.07. The molecule has 1 aromatic heterocycles. The third-order valence-electron chi connectivity index (χ3n) is 4.58. The van der Waals surface area contributed by atoms with Crippen LogP contribution >= 0.6 is 35.2 Å². The maximum atomic E-state index is 12.8. The summed E-state index contributed by atoms with van der Waals surface area (Å²) < 4.78 is 18.0. The van der Waals surface area contributed by atoms with Gasteiger partial charge in [-0.2, -0.15) is 0 Å². The van der Waals surface area contributed by atoms with Crippen molar-refractivity contribution in [1.82, 2.24) is 9.88 Å². The molecular formula is C21H22ClN3O4S2. The topological polar surface area (TPSA) is 87.7 Å². The van der Waals surface area contributed by atoms with E-state index in [4.69, 9.17) is 43.8 Å². The molecule has 0 aliphatic rings. The zero-order valence-corrected chi connectivity index (χ0v) is 19.6. The summed E-state index contributed by atoms with van der Waals surface area (Å²) in [5, 5.41) is 3.39. The van der Waals surface area contributed by atoms with Crippen LogP contribution in [0.1, 0.15) is 15.2 Å². The van der Waals surface area contributed by atoms with Crippen molar-refractivity contribution in [2.45, 2.75) is 6.42 Å². The van der Waals surface area contributed by atoms with Crippen LogP contribution in [0.5, 0.6) is 17.2 Å². The third kappa shape index (κ3) is 4.95. The molecule has 0 saturated heterocycles. The van der Waals surface area contributed by atoms with Crippen molar-refractivity contribution in [3.05, 3.63) is 55.8 Å². The lowest BCUT2D eigenvalue weighted by Gasteiger charge is -2.12. The van der Waals surface area contributed by atoms with Gasteiger partial charge in [-0.05, 0) is 54.5 Å². The first-order valence-electron chi connectivity index (χ1n) is 9.24. The Morgan fingerprint density at radius 3 is 2.45 bits per heavy atom. The summed E-state index contributed by atoms with van der Waals surface area (Å²) in [5.74, 6) is 1.78. The predicted octanol–water partition coefficient (Wildman–Crippen LogP) is 4.50. The van der Waals surface area contributed by atoms with E-state index < -0.39 is 0 Å². The summed E-state index contributed by atoms with van der Waals surface area (Å²) in [5.41, 5.74) is 7.86. The molecule has 1 amide bonds. The number of hydrogen-bond donors (Lipinski definition) is 2. The zero-order chi connectivity index (χ0) is 22.5. The van der Waals surface area contributed by atoms with E-state index in [1.807, 2.05) is 18.2 Å². The number of nitrogen functional groups attached to an aromatic ring is 1. The molecule has 164 valence electrons. The maximum absolute atomic E-state index is 12.8. The second kappa shape index (κ2) is 10.0. The van der Waals surface area contributed by atoms with Crippen LogP contribution in [0.2, 0.25) is 5.02 Å². The second-order valence-corrected chi connectivity index (χ2v) is 8.51. The highest BCUT2D eigenvalue weighted by molar-refractivity contribution is 7.73. The van der Waals surface area contributed by atoms with Crippen LogP contribution in [0.15, 0.2) is 36.4 Å². The van der Waals surface area contributed by atoms with Crippen molar-refractivity contribution in [2.24, 2.45) is 0 Å². The summed E-state index contributed by atoms with van der Waals surface area (Å²) in [6.45, 7) is 0.416. The molecule has 0 saturated carbocycles. The Morgan fingerprint density at radius 2 is 1.77 bits per heavy atom. The summed E-state index contributed by atoms with van der Waals surface area (Å²) in [6.07, 6.45) is 0.611. The average molecular weight is 480 g/mol. The Kier molecular flexibility index (Phi) is 7.42. The van der Waals surface area contributed by atoms with E-state index >= 15 is 0 Å². The van der Waals surface area contributed by atoms with Crippen LogP contribution in [0.25, 0.3) is 5.69 Å². The smallest absolute Gasteiger partial charge is 0.265 e. The van der Waals surface area contributed by atoms with E-state index in [0.717, 1.165) is 16.9 Å². The number of benzene rings is 2. The summed E-state index contributed by atoms with van der Waals surface area (Å²) in [4.78, 5) is 13.1. The lowest BCUT2D eigenvalue weighted by Crippen LogP contribution is -2.26. The van der Waals surface area contributed by atoms with Crippen molar-refractivity contribution in [2.75, 3.05) is 33.6 Å². The van der Waals surface area contributed by atoms with E-state index in [2.05, 4.69) is 5.32 Å². The Bertz CT molecular complexity index is 1160. The molecule has 0 unspecified atom stereocenters.